The van der Waals surface area contributed by atoms with Crippen molar-refractivity contribution in [2.75, 3.05) is 11.1 Å². The highest BCUT2D eigenvalue weighted by Crippen LogP contribution is 2.18. The van der Waals surface area contributed by atoms with Gasteiger partial charge in [0.25, 0.3) is 5.91 Å². The molecule has 1 atom stereocenters. The molecule has 0 radical (unpaired) electrons. The van der Waals surface area contributed by atoms with Crippen molar-refractivity contribution in [2.24, 2.45) is 0 Å². The lowest BCUT2D eigenvalue weighted by molar-refractivity contribution is -0.119. The van der Waals surface area contributed by atoms with E-state index in [2.05, 4.69) is 20.8 Å². The number of aromatic nitrogens is 2. The van der Waals surface area contributed by atoms with Crippen molar-refractivity contribution < 1.29 is 9.59 Å². The van der Waals surface area contributed by atoms with Crippen LogP contribution in [0.1, 0.15) is 35.1 Å². The number of amides is 2. The second-order valence-corrected chi connectivity index (χ2v) is 7.24. The van der Waals surface area contributed by atoms with Gasteiger partial charge >= 0.3 is 0 Å². The van der Waals surface area contributed by atoms with E-state index >= 15 is 0 Å². The average molecular weight is 364 g/mol. The molecule has 0 aliphatic heterocycles. The van der Waals surface area contributed by atoms with Crippen LogP contribution in [-0.2, 0) is 10.5 Å². The molecule has 0 saturated carbocycles. The maximum atomic E-state index is 12.1. The SMILES string of the molecule is CC[C@H](C)NC(=O)CSCc1nnc(C(=O)Nc2ccccc2)s1. The van der Waals surface area contributed by atoms with Crippen LogP contribution in [0.3, 0.4) is 0 Å². The molecule has 0 aliphatic rings. The van der Waals surface area contributed by atoms with Crippen molar-refractivity contribution in [1.82, 2.24) is 15.5 Å². The third kappa shape index (κ3) is 5.93. The first-order chi connectivity index (χ1) is 11.6. The van der Waals surface area contributed by atoms with Gasteiger partial charge in [0, 0.05) is 17.5 Å². The van der Waals surface area contributed by atoms with Crippen LogP contribution in [0.2, 0.25) is 0 Å². The molecule has 0 fully saturated rings. The first-order valence-corrected chi connectivity index (χ1v) is 9.61. The minimum absolute atomic E-state index is 0.0147. The summed E-state index contributed by atoms with van der Waals surface area (Å²) in [7, 11) is 0. The Kier molecular flexibility index (Phi) is 7.20. The molecular weight excluding hydrogens is 344 g/mol. The van der Waals surface area contributed by atoms with E-state index in [-0.39, 0.29) is 17.9 Å². The summed E-state index contributed by atoms with van der Waals surface area (Å²) in [6, 6.07) is 9.39. The topological polar surface area (TPSA) is 84.0 Å². The molecule has 2 aromatic rings. The van der Waals surface area contributed by atoms with Crippen molar-refractivity contribution in [2.45, 2.75) is 32.1 Å². The zero-order valence-electron chi connectivity index (χ0n) is 13.6. The van der Waals surface area contributed by atoms with Crippen molar-refractivity contribution in [1.29, 1.82) is 0 Å². The number of nitrogens with one attached hydrogen (secondary N) is 2. The third-order valence-corrected chi connectivity index (χ3v) is 5.22. The van der Waals surface area contributed by atoms with Gasteiger partial charge in [0.1, 0.15) is 5.01 Å². The molecule has 1 aromatic heterocycles. The van der Waals surface area contributed by atoms with Crippen molar-refractivity contribution in [3.63, 3.8) is 0 Å². The number of anilines is 1. The van der Waals surface area contributed by atoms with Crippen LogP contribution in [-0.4, -0.2) is 33.8 Å². The minimum atomic E-state index is -0.274. The number of benzene rings is 1. The van der Waals surface area contributed by atoms with Crippen LogP contribution < -0.4 is 10.6 Å². The normalized spacial score (nSPS) is 11.8. The summed E-state index contributed by atoms with van der Waals surface area (Å²) >= 11 is 2.70. The molecule has 6 nitrogen and oxygen atoms in total. The second kappa shape index (κ2) is 9.39. The molecular formula is C16H20N4O2S2. The van der Waals surface area contributed by atoms with Gasteiger partial charge in [-0.1, -0.05) is 36.5 Å². The lowest BCUT2D eigenvalue weighted by atomic mass is 10.3. The molecule has 0 unspecified atom stereocenters. The number of hydrogen-bond acceptors (Lipinski definition) is 6. The molecule has 128 valence electrons. The zero-order valence-corrected chi connectivity index (χ0v) is 15.2. The molecule has 1 aromatic carbocycles. The largest absolute Gasteiger partial charge is 0.353 e. The maximum absolute atomic E-state index is 12.1. The van der Waals surface area contributed by atoms with Gasteiger partial charge in [-0.15, -0.1) is 22.0 Å². The second-order valence-electron chi connectivity index (χ2n) is 5.19. The summed E-state index contributed by atoms with van der Waals surface area (Å²) in [4.78, 5) is 23.8. The van der Waals surface area contributed by atoms with Crippen LogP contribution in [0.4, 0.5) is 5.69 Å². The quantitative estimate of drug-likeness (QED) is 0.752. The first kappa shape index (κ1) is 18.4. The van der Waals surface area contributed by atoms with E-state index in [9.17, 15) is 9.59 Å². The fourth-order valence-electron chi connectivity index (χ4n) is 1.76. The Morgan fingerprint density at radius 1 is 1.25 bits per heavy atom. The Labute approximate surface area is 149 Å². The minimum Gasteiger partial charge on any atom is -0.353 e. The number of carbonyl (C=O) groups is 2. The van der Waals surface area contributed by atoms with Crippen molar-refractivity contribution in [3.05, 3.63) is 40.3 Å². The van der Waals surface area contributed by atoms with E-state index in [0.717, 1.165) is 17.1 Å². The van der Waals surface area contributed by atoms with Crippen LogP contribution in [0.25, 0.3) is 0 Å². The average Bonchev–Trinajstić information content (AvgIpc) is 3.04. The van der Waals surface area contributed by atoms with Crippen molar-refractivity contribution >= 4 is 40.6 Å². The highest BCUT2D eigenvalue weighted by atomic mass is 32.2. The summed E-state index contributed by atoms with van der Waals surface area (Å²) in [5, 5.41) is 14.7. The Balaban J connectivity index is 1.78. The molecule has 8 heteroatoms. The highest BCUT2D eigenvalue weighted by molar-refractivity contribution is 7.99. The van der Waals surface area contributed by atoms with E-state index in [0.29, 0.717) is 16.5 Å². The monoisotopic (exact) mass is 364 g/mol. The van der Waals surface area contributed by atoms with Crippen molar-refractivity contribution in [3.8, 4) is 0 Å². The number of thioether (sulfide) groups is 1. The summed E-state index contributed by atoms with van der Waals surface area (Å²) in [5.74, 6) is 0.671. The maximum Gasteiger partial charge on any atom is 0.286 e. The number of rotatable bonds is 8. The van der Waals surface area contributed by atoms with Gasteiger partial charge in [-0.3, -0.25) is 9.59 Å². The molecule has 0 spiro atoms. The van der Waals surface area contributed by atoms with E-state index in [1.54, 1.807) is 0 Å². The molecule has 0 bridgehead atoms. The molecule has 2 amide bonds. The first-order valence-electron chi connectivity index (χ1n) is 7.64. The van der Waals surface area contributed by atoms with Gasteiger partial charge in [-0.2, -0.15) is 0 Å². The number of carbonyl (C=O) groups excluding carboxylic acids is 2. The summed E-state index contributed by atoms with van der Waals surface area (Å²) in [6.45, 7) is 4.01. The number of nitrogens with zero attached hydrogens (tertiary/aromatic N) is 2. The lowest BCUT2D eigenvalue weighted by Crippen LogP contribution is -2.33. The summed E-state index contributed by atoms with van der Waals surface area (Å²) in [6.07, 6.45) is 0.909. The van der Waals surface area contributed by atoms with Gasteiger partial charge in [0.2, 0.25) is 10.9 Å². The van der Waals surface area contributed by atoms with E-state index in [1.807, 2.05) is 44.2 Å². The standard InChI is InChI=1S/C16H20N4O2S2/c1-3-11(2)17-13(21)9-23-10-14-19-20-16(24-14)15(22)18-12-7-5-4-6-8-12/h4-8,11H,3,9-10H2,1-2H3,(H,17,21)(H,18,22)/t11-/m0/s1. The van der Waals surface area contributed by atoms with Crippen LogP contribution in [0.5, 0.6) is 0 Å². The van der Waals surface area contributed by atoms with Crippen LogP contribution in [0, 0.1) is 0 Å². The molecule has 1 heterocycles. The fraction of sp³-hybridized carbons (Fsp3) is 0.375. The Hall–Kier alpha value is -1.93. The van der Waals surface area contributed by atoms with Gasteiger partial charge in [-0.05, 0) is 25.5 Å². The van der Waals surface area contributed by atoms with Gasteiger partial charge in [-0.25, -0.2) is 0 Å². The molecule has 2 rings (SSSR count). The van der Waals surface area contributed by atoms with Gasteiger partial charge < -0.3 is 10.6 Å². The fourth-order valence-corrected chi connectivity index (χ4v) is 3.38. The predicted molar refractivity (Wildman–Crippen MR) is 98.4 cm³/mol. The Morgan fingerprint density at radius 3 is 2.71 bits per heavy atom. The van der Waals surface area contributed by atoms with Gasteiger partial charge in [0.05, 0.1) is 5.75 Å². The molecule has 24 heavy (non-hydrogen) atoms. The smallest absolute Gasteiger partial charge is 0.286 e. The highest BCUT2D eigenvalue weighted by Gasteiger charge is 2.13. The molecule has 0 aliphatic carbocycles. The summed E-state index contributed by atoms with van der Waals surface area (Å²) < 4.78 is 0. The van der Waals surface area contributed by atoms with Gasteiger partial charge in [0.15, 0.2) is 0 Å². The zero-order chi connectivity index (χ0) is 17.4. The molecule has 2 N–H and O–H groups in total. The van der Waals surface area contributed by atoms with E-state index in [4.69, 9.17) is 0 Å². The summed E-state index contributed by atoms with van der Waals surface area (Å²) in [5.41, 5.74) is 0.718. The van der Waals surface area contributed by atoms with Crippen LogP contribution in [0.15, 0.2) is 30.3 Å². The Bertz CT molecular complexity index is 676. The van der Waals surface area contributed by atoms with E-state index < -0.39 is 0 Å². The third-order valence-electron chi connectivity index (χ3n) is 3.17. The Morgan fingerprint density at radius 2 is 2.00 bits per heavy atom. The number of para-hydroxylation sites is 1. The lowest BCUT2D eigenvalue weighted by Gasteiger charge is -2.10. The molecule has 0 saturated heterocycles. The van der Waals surface area contributed by atoms with E-state index in [1.165, 1.54) is 23.1 Å². The predicted octanol–water partition coefficient (Wildman–Crippen LogP) is 2.94. The number of hydrogen-bond donors (Lipinski definition) is 2. The van der Waals surface area contributed by atoms with Crippen LogP contribution >= 0.6 is 23.1 Å².